The molecule has 3 rings (SSSR count). The normalized spacial score (nSPS) is 19.4. The van der Waals surface area contributed by atoms with E-state index >= 15 is 0 Å². The molecular formula is C20H19Cl2N3OS. The number of nitrogens with zero attached hydrogens (tertiary/aromatic N) is 3. The molecule has 0 aromatic heterocycles. The number of benzene rings is 2. The monoisotopic (exact) mass is 419 g/mol. The first kappa shape index (κ1) is 19.9. The van der Waals surface area contributed by atoms with Gasteiger partial charge in [-0.1, -0.05) is 73.1 Å². The van der Waals surface area contributed by atoms with Crippen LogP contribution in [0.15, 0.2) is 58.7 Å². The molecule has 0 spiro atoms. The van der Waals surface area contributed by atoms with Crippen molar-refractivity contribution in [3.05, 3.63) is 64.1 Å². The molecule has 1 unspecified atom stereocenters. The van der Waals surface area contributed by atoms with Crippen LogP contribution in [0.25, 0.3) is 0 Å². The lowest BCUT2D eigenvalue weighted by atomic mass is 10.1. The Hall–Kier alpha value is -1.82. The zero-order chi connectivity index (χ0) is 19.6. The van der Waals surface area contributed by atoms with Gasteiger partial charge in [-0.3, -0.25) is 9.69 Å². The van der Waals surface area contributed by atoms with Crippen LogP contribution in [0.1, 0.15) is 26.3 Å². The molecule has 27 heavy (non-hydrogen) atoms. The maximum absolute atomic E-state index is 12.9. The molecule has 0 bridgehead atoms. The van der Waals surface area contributed by atoms with Crippen LogP contribution in [0.3, 0.4) is 0 Å². The highest BCUT2D eigenvalue weighted by Gasteiger charge is 2.40. The van der Waals surface area contributed by atoms with E-state index in [0.717, 1.165) is 11.3 Å². The summed E-state index contributed by atoms with van der Waals surface area (Å²) in [6.45, 7) is 5.91. The van der Waals surface area contributed by atoms with Gasteiger partial charge in [0.1, 0.15) is 0 Å². The number of anilines is 1. The van der Waals surface area contributed by atoms with E-state index in [0.29, 0.717) is 20.9 Å². The van der Waals surface area contributed by atoms with E-state index in [1.807, 2.05) is 57.2 Å². The lowest BCUT2D eigenvalue weighted by Gasteiger charge is -2.16. The molecule has 2 aromatic carbocycles. The average Bonchev–Trinajstić information content (AvgIpc) is 2.99. The Morgan fingerprint density at radius 3 is 2.44 bits per heavy atom. The van der Waals surface area contributed by atoms with Gasteiger partial charge in [-0.2, -0.15) is 5.10 Å². The molecule has 0 N–H and O–H groups in total. The molecule has 0 saturated carbocycles. The highest BCUT2D eigenvalue weighted by Crippen LogP contribution is 2.35. The Morgan fingerprint density at radius 2 is 1.81 bits per heavy atom. The van der Waals surface area contributed by atoms with E-state index in [-0.39, 0.29) is 17.1 Å². The first-order valence-corrected chi connectivity index (χ1v) is 10.2. The predicted octanol–water partition coefficient (Wildman–Crippen LogP) is 5.88. The zero-order valence-corrected chi connectivity index (χ0v) is 17.5. The lowest BCUT2D eigenvalue weighted by molar-refractivity contribution is -0.117. The minimum absolute atomic E-state index is 0.0299. The number of para-hydroxylation sites is 1. The van der Waals surface area contributed by atoms with Gasteiger partial charge in [-0.15, -0.1) is 5.10 Å². The lowest BCUT2D eigenvalue weighted by Crippen LogP contribution is -2.33. The summed E-state index contributed by atoms with van der Waals surface area (Å²) in [6.07, 6.45) is 0. The molecule has 140 valence electrons. The Bertz CT molecular complexity index is 913. The van der Waals surface area contributed by atoms with Crippen LogP contribution in [0.2, 0.25) is 10.0 Å². The Kier molecular flexibility index (Phi) is 6.25. The van der Waals surface area contributed by atoms with E-state index in [9.17, 15) is 4.79 Å². The summed E-state index contributed by atoms with van der Waals surface area (Å²) in [7, 11) is 0. The van der Waals surface area contributed by atoms with Gasteiger partial charge in [0.15, 0.2) is 5.17 Å². The van der Waals surface area contributed by atoms with Crippen molar-refractivity contribution < 1.29 is 4.79 Å². The highest BCUT2D eigenvalue weighted by molar-refractivity contribution is 8.16. The molecule has 7 heteroatoms. The largest absolute Gasteiger partial charge is 0.273 e. The number of amides is 1. The van der Waals surface area contributed by atoms with Crippen molar-refractivity contribution in [2.24, 2.45) is 16.1 Å². The molecule has 1 amide bonds. The Labute approximate surface area is 173 Å². The molecule has 0 aliphatic carbocycles. The van der Waals surface area contributed by atoms with Crippen molar-refractivity contribution in [3.63, 3.8) is 0 Å². The van der Waals surface area contributed by atoms with E-state index in [1.165, 1.54) is 11.8 Å². The van der Waals surface area contributed by atoms with Gasteiger partial charge in [-0.25, -0.2) is 0 Å². The first-order valence-electron chi connectivity index (χ1n) is 8.52. The summed E-state index contributed by atoms with van der Waals surface area (Å²) in [6, 6.07) is 14.8. The number of thioether (sulfide) groups is 1. The minimum atomic E-state index is -0.176. The van der Waals surface area contributed by atoms with E-state index < -0.39 is 0 Å². The van der Waals surface area contributed by atoms with Gasteiger partial charge in [0.05, 0.1) is 26.7 Å². The molecule has 2 aromatic rings. The molecule has 0 radical (unpaired) electrons. The summed E-state index contributed by atoms with van der Waals surface area (Å²) in [5.74, 6) is 0.226. The SMILES string of the molecule is C/C(=N\N=C1\SC(C(C)C)C(=O)N1c1ccccc1)c1ccc(Cl)c(Cl)c1. The second-order valence-electron chi connectivity index (χ2n) is 6.49. The number of halogens is 2. The van der Waals surface area contributed by atoms with E-state index in [4.69, 9.17) is 23.2 Å². The zero-order valence-electron chi connectivity index (χ0n) is 15.2. The van der Waals surface area contributed by atoms with Crippen LogP contribution in [0.4, 0.5) is 5.69 Å². The topological polar surface area (TPSA) is 45.0 Å². The first-order chi connectivity index (χ1) is 12.9. The van der Waals surface area contributed by atoms with Crippen molar-refractivity contribution in [1.29, 1.82) is 0 Å². The van der Waals surface area contributed by atoms with Gasteiger partial charge in [-0.05, 0) is 42.7 Å². The standard InChI is InChI=1S/C20H19Cl2N3OS/c1-12(2)18-19(26)25(15-7-5-4-6-8-15)20(27-18)24-23-13(3)14-9-10-16(21)17(22)11-14/h4-12,18H,1-3H3/b23-13+,24-20+. The van der Waals surface area contributed by atoms with E-state index in [2.05, 4.69) is 10.2 Å². The Morgan fingerprint density at radius 1 is 1.11 bits per heavy atom. The Balaban J connectivity index is 1.96. The molecular weight excluding hydrogens is 401 g/mol. The molecule has 1 saturated heterocycles. The molecule has 1 fully saturated rings. The molecule has 1 atom stereocenters. The smallest absolute Gasteiger partial charge is 0.247 e. The fraction of sp³-hybridized carbons (Fsp3) is 0.250. The van der Waals surface area contributed by atoms with Crippen molar-refractivity contribution in [2.75, 3.05) is 4.90 Å². The highest BCUT2D eigenvalue weighted by atomic mass is 35.5. The van der Waals surface area contributed by atoms with Gasteiger partial charge in [0, 0.05) is 0 Å². The van der Waals surface area contributed by atoms with Crippen LogP contribution < -0.4 is 4.90 Å². The number of hydrogen-bond donors (Lipinski definition) is 0. The van der Waals surface area contributed by atoms with Gasteiger partial charge in [0.2, 0.25) is 5.91 Å². The summed E-state index contributed by atoms with van der Waals surface area (Å²) < 4.78 is 0. The van der Waals surface area contributed by atoms with Crippen molar-refractivity contribution in [3.8, 4) is 0 Å². The molecule has 1 aliphatic rings. The summed E-state index contributed by atoms with van der Waals surface area (Å²) >= 11 is 13.5. The average molecular weight is 420 g/mol. The number of carbonyl (C=O) groups excluding carboxylic acids is 1. The fourth-order valence-electron chi connectivity index (χ4n) is 2.64. The molecule has 4 nitrogen and oxygen atoms in total. The fourth-order valence-corrected chi connectivity index (χ4v) is 4.03. The minimum Gasteiger partial charge on any atom is -0.273 e. The van der Waals surface area contributed by atoms with Crippen LogP contribution in [-0.4, -0.2) is 22.0 Å². The van der Waals surface area contributed by atoms with Crippen LogP contribution >= 0.6 is 35.0 Å². The third-order valence-electron chi connectivity index (χ3n) is 4.13. The number of rotatable bonds is 4. The number of carbonyl (C=O) groups is 1. The third kappa shape index (κ3) is 4.37. The van der Waals surface area contributed by atoms with E-state index in [1.54, 1.807) is 17.0 Å². The summed E-state index contributed by atoms with van der Waals surface area (Å²) in [5, 5.41) is 10.1. The maximum Gasteiger partial charge on any atom is 0.247 e. The van der Waals surface area contributed by atoms with Crippen molar-refractivity contribution in [2.45, 2.75) is 26.0 Å². The molecule has 1 heterocycles. The predicted molar refractivity (Wildman–Crippen MR) is 116 cm³/mol. The van der Waals surface area contributed by atoms with Crippen LogP contribution in [0, 0.1) is 5.92 Å². The van der Waals surface area contributed by atoms with Crippen LogP contribution in [0.5, 0.6) is 0 Å². The number of hydrogen-bond acceptors (Lipinski definition) is 4. The maximum atomic E-state index is 12.9. The van der Waals surface area contributed by atoms with Gasteiger partial charge < -0.3 is 0 Å². The third-order valence-corrected chi connectivity index (χ3v) is 6.34. The molecule has 1 aliphatic heterocycles. The van der Waals surface area contributed by atoms with Crippen molar-refractivity contribution in [1.82, 2.24) is 0 Å². The number of amidine groups is 1. The van der Waals surface area contributed by atoms with Crippen LogP contribution in [-0.2, 0) is 4.79 Å². The quantitative estimate of drug-likeness (QED) is 0.458. The second kappa shape index (κ2) is 8.46. The van der Waals surface area contributed by atoms with Crippen molar-refractivity contribution >= 4 is 57.4 Å². The summed E-state index contributed by atoms with van der Waals surface area (Å²) in [4.78, 5) is 14.5. The van der Waals surface area contributed by atoms with Gasteiger partial charge >= 0.3 is 0 Å². The summed E-state index contributed by atoms with van der Waals surface area (Å²) in [5.41, 5.74) is 2.31. The second-order valence-corrected chi connectivity index (χ2v) is 8.41. The van der Waals surface area contributed by atoms with Gasteiger partial charge in [0.25, 0.3) is 0 Å².